The van der Waals surface area contributed by atoms with Crippen LogP contribution < -0.4 is 0 Å². The summed E-state index contributed by atoms with van der Waals surface area (Å²) in [5.41, 5.74) is -0.600. The van der Waals surface area contributed by atoms with Crippen molar-refractivity contribution in [2.75, 3.05) is 5.33 Å². The van der Waals surface area contributed by atoms with Crippen LogP contribution in [0.15, 0.2) is 4.99 Å². The molecule has 0 aromatic rings. The molecule has 0 aromatic heterocycles. The number of hydrogen-bond acceptors (Lipinski definition) is 2. The molecule has 56 valence electrons. The van der Waals surface area contributed by atoms with Crippen molar-refractivity contribution in [1.29, 1.82) is 0 Å². The van der Waals surface area contributed by atoms with Crippen LogP contribution in [0, 0.1) is 5.41 Å². The van der Waals surface area contributed by atoms with E-state index in [-0.39, 0.29) is 0 Å². The van der Waals surface area contributed by atoms with Crippen molar-refractivity contribution in [3.8, 4) is 0 Å². The summed E-state index contributed by atoms with van der Waals surface area (Å²) >= 11 is 3.13. The van der Waals surface area contributed by atoms with Gasteiger partial charge < -0.3 is 0 Å². The molecule has 0 rings (SSSR count). The average Bonchev–Trinajstić information content (AvgIpc) is 1.89. The fourth-order valence-corrected chi connectivity index (χ4v) is 0.490. The molecule has 0 aliphatic rings. The third kappa shape index (κ3) is 2.42. The number of carbonyl (C=O) groups excluding carboxylic acids is 2. The highest BCUT2D eigenvalue weighted by Gasteiger charge is 2.25. The highest BCUT2D eigenvalue weighted by atomic mass is 79.9. The van der Waals surface area contributed by atoms with E-state index in [0.717, 1.165) is 0 Å². The summed E-state index contributed by atoms with van der Waals surface area (Å²) in [5.74, 6) is -0.445. The standard InChI is InChI=1S/C6H8BrNO2/c1-6(2,3-7)5(10)8-4-9/h3H2,1-2H3. The number of halogens is 1. The predicted octanol–water partition coefficient (Wildman–Crippen LogP) is 1.27. The van der Waals surface area contributed by atoms with Crippen LogP contribution in [-0.2, 0) is 9.59 Å². The molecular weight excluding hydrogens is 198 g/mol. The minimum Gasteiger partial charge on any atom is -0.271 e. The number of carbonyl (C=O) groups is 1. The van der Waals surface area contributed by atoms with Crippen molar-refractivity contribution < 1.29 is 9.59 Å². The number of rotatable bonds is 2. The monoisotopic (exact) mass is 205 g/mol. The van der Waals surface area contributed by atoms with Crippen molar-refractivity contribution in [3.63, 3.8) is 0 Å². The second-order valence-electron chi connectivity index (χ2n) is 2.53. The van der Waals surface area contributed by atoms with Crippen molar-refractivity contribution in [2.45, 2.75) is 13.8 Å². The van der Waals surface area contributed by atoms with Gasteiger partial charge in [-0.2, -0.15) is 0 Å². The topological polar surface area (TPSA) is 46.5 Å². The quantitative estimate of drug-likeness (QED) is 0.388. The fraction of sp³-hybridized carbons (Fsp3) is 0.667. The van der Waals surface area contributed by atoms with Gasteiger partial charge in [-0.05, 0) is 0 Å². The van der Waals surface area contributed by atoms with Crippen molar-refractivity contribution >= 4 is 27.9 Å². The van der Waals surface area contributed by atoms with E-state index in [9.17, 15) is 9.59 Å². The first-order valence-electron chi connectivity index (χ1n) is 2.73. The maximum absolute atomic E-state index is 10.8. The molecule has 0 aliphatic heterocycles. The third-order valence-corrected chi connectivity index (χ3v) is 2.46. The molecule has 0 fully saturated rings. The van der Waals surface area contributed by atoms with Gasteiger partial charge in [0.2, 0.25) is 6.08 Å². The molecule has 10 heavy (non-hydrogen) atoms. The van der Waals surface area contributed by atoms with Crippen LogP contribution in [0.25, 0.3) is 0 Å². The molecule has 0 aliphatic carbocycles. The first kappa shape index (κ1) is 9.53. The Labute approximate surface area is 67.6 Å². The molecule has 0 radical (unpaired) electrons. The average molecular weight is 206 g/mol. The Kier molecular flexibility index (Phi) is 3.47. The molecule has 0 saturated heterocycles. The Hall–Kier alpha value is -0.470. The van der Waals surface area contributed by atoms with Crippen LogP contribution in [0.2, 0.25) is 0 Å². The van der Waals surface area contributed by atoms with E-state index in [1.807, 2.05) is 0 Å². The lowest BCUT2D eigenvalue weighted by Crippen LogP contribution is -2.23. The van der Waals surface area contributed by atoms with E-state index in [2.05, 4.69) is 20.9 Å². The molecule has 0 atom stereocenters. The molecule has 0 saturated carbocycles. The van der Waals surface area contributed by atoms with Crippen LogP contribution in [0.1, 0.15) is 13.8 Å². The van der Waals surface area contributed by atoms with Gasteiger partial charge in [0.15, 0.2) is 0 Å². The summed E-state index contributed by atoms with van der Waals surface area (Å²) in [5, 5.41) is 0.490. The maximum Gasteiger partial charge on any atom is 0.262 e. The van der Waals surface area contributed by atoms with Gasteiger partial charge >= 0.3 is 0 Å². The number of hydrogen-bond donors (Lipinski definition) is 0. The van der Waals surface area contributed by atoms with Gasteiger partial charge in [-0.3, -0.25) is 4.79 Å². The van der Waals surface area contributed by atoms with Gasteiger partial charge in [0.1, 0.15) is 0 Å². The number of alkyl halides is 1. The summed E-state index contributed by atoms with van der Waals surface area (Å²) in [6.07, 6.45) is 1.21. The molecule has 0 unspecified atom stereocenters. The summed E-state index contributed by atoms with van der Waals surface area (Å²) < 4.78 is 0. The lowest BCUT2D eigenvalue weighted by molar-refractivity contribution is -0.124. The molecule has 0 spiro atoms. The van der Waals surface area contributed by atoms with Gasteiger partial charge in [-0.15, -0.1) is 4.99 Å². The van der Waals surface area contributed by atoms with Crippen LogP contribution in [0.3, 0.4) is 0 Å². The molecule has 3 nitrogen and oxygen atoms in total. The summed E-state index contributed by atoms with van der Waals surface area (Å²) in [7, 11) is 0. The Bertz CT molecular complexity index is 182. The van der Waals surface area contributed by atoms with E-state index < -0.39 is 11.3 Å². The van der Waals surface area contributed by atoms with E-state index in [0.29, 0.717) is 5.33 Å². The van der Waals surface area contributed by atoms with Gasteiger partial charge in [-0.1, -0.05) is 29.8 Å². The summed E-state index contributed by atoms with van der Waals surface area (Å²) in [6, 6.07) is 0. The Morgan fingerprint density at radius 1 is 1.70 bits per heavy atom. The number of nitrogens with zero attached hydrogens (tertiary/aromatic N) is 1. The van der Waals surface area contributed by atoms with E-state index in [4.69, 9.17) is 0 Å². The SMILES string of the molecule is CC(C)(CBr)C(=O)N=C=O. The van der Waals surface area contributed by atoms with E-state index >= 15 is 0 Å². The number of isocyanates is 1. The van der Waals surface area contributed by atoms with Crippen molar-refractivity contribution in [3.05, 3.63) is 0 Å². The Balaban J connectivity index is 4.32. The molecule has 0 heterocycles. The minimum atomic E-state index is -0.600. The fourth-order valence-electron chi connectivity index (χ4n) is 0.250. The largest absolute Gasteiger partial charge is 0.271 e. The highest BCUT2D eigenvalue weighted by Crippen LogP contribution is 2.19. The zero-order valence-corrected chi connectivity index (χ0v) is 7.43. The van der Waals surface area contributed by atoms with Crippen molar-refractivity contribution in [2.24, 2.45) is 10.4 Å². The second kappa shape index (κ2) is 3.64. The Morgan fingerprint density at radius 2 is 2.20 bits per heavy atom. The third-order valence-electron chi connectivity index (χ3n) is 1.06. The molecular formula is C6H8BrNO2. The van der Waals surface area contributed by atoms with Crippen LogP contribution in [0.4, 0.5) is 0 Å². The normalized spacial score (nSPS) is 10.3. The highest BCUT2D eigenvalue weighted by molar-refractivity contribution is 9.09. The minimum absolute atomic E-state index is 0.445. The molecule has 0 bridgehead atoms. The van der Waals surface area contributed by atoms with Gasteiger partial charge in [0.05, 0.1) is 5.41 Å². The van der Waals surface area contributed by atoms with Gasteiger partial charge in [0, 0.05) is 5.33 Å². The second-order valence-corrected chi connectivity index (χ2v) is 3.09. The van der Waals surface area contributed by atoms with E-state index in [1.54, 1.807) is 13.8 Å². The predicted molar refractivity (Wildman–Crippen MR) is 40.7 cm³/mol. The van der Waals surface area contributed by atoms with Crippen LogP contribution in [-0.4, -0.2) is 17.3 Å². The zero-order chi connectivity index (χ0) is 8.20. The zero-order valence-electron chi connectivity index (χ0n) is 5.85. The molecule has 1 amide bonds. The smallest absolute Gasteiger partial charge is 0.262 e. The van der Waals surface area contributed by atoms with Gasteiger partial charge in [-0.25, -0.2) is 4.79 Å². The van der Waals surface area contributed by atoms with E-state index in [1.165, 1.54) is 6.08 Å². The van der Waals surface area contributed by atoms with Crippen LogP contribution in [0.5, 0.6) is 0 Å². The molecule has 0 N–H and O–H groups in total. The molecule has 4 heteroatoms. The number of aliphatic imine (C=N–C) groups is 1. The maximum atomic E-state index is 10.8. The summed E-state index contributed by atoms with van der Waals surface area (Å²) in [4.78, 5) is 23.5. The first-order valence-corrected chi connectivity index (χ1v) is 3.85. The van der Waals surface area contributed by atoms with Crippen molar-refractivity contribution in [1.82, 2.24) is 0 Å². The van der Waals surface area contributed by atoms with Gasteiger partial charge in [0.25, 0.3) is 5.91 Å². The summed E-state index contributed by atoms with van der Waals surface area (Å²) in [6.45, 7) is 3.40. The van der Waals surface area contributed by atoms with Crippen LogP contribution >= 0.6 is 15.9 Å². The lowest BCUT2D eigenvalue weighted by atomic mass is 9.96. The molecule has 0 aromatic carbocycles. The number of amides is 1. The Morgan fingerprint density at radius 3 is 2.50 bits per heavy atom. The lowest BCUT2D eigenvalue weighted by Gasteiger charge is -2.14. The first-order chi connectivity index (χ1) is 4.54.